The number of hydrazine groups is 1. The lowest BCUT2D eigenvalue weighted by molar-refractivity contribution is 0.652. The molecule has 0 aliphatic rings. The van der Waals surface area contributed by atoms with E-state index in [0.717, 1.165) is 17.1 Å². The Morgan fingerprint density at radius 2 is 2.27 bits per heavy atom. The number of hydrogen-bond acceptors (Lipinski definition) is 4. The molecule has 0 spiro atoms. The first kappa shape index (κ1) is 9.67. The Morgan fingerprint density at radius 3 is 2.93 bits per heavy atom. The summed E-state index contributed by atoms with van der Waals surface area (Å²) < 4.78 is 1.89. The fraction of sp³-hybridized carbons (Fsp3) is 0.200. The number of hydrogen-bond donors (Lipinski definition) is 2. The maximum Gasteiger partial charge on any atom is 0.0835 e. The average molecular weight is 203 g/mol. The average Bonchev–Trinajstić information content (AvgIpc) is 2.65. The van der Waals surface area contributed by atoms with Crippen LogP contribution in [0.2, 0.25) is 0 Å². The normalized spacial score (nSPS) is 10.3. The quantitative estimate of drug-likeness (QED) is 0.575. The van der Waals surface area contributed by atoms with Gasteiger partial charge in [0.2, 0.25) is 0 Å². The summed E-state index contributed by atoms with van der Waals surface area (Å²) in [5, 5.41) is 4.19. The second-order valence-electron chi connectivity index (χ2n) is 3.31. The van der Waals surface area contributed by atoms with Crippen LogP contribution in [-0.4, -0.2) is 14.8 Å². The van der Waals surface area contributed by atoms with Gasteiger partial charge in [-0.05, 0) is 25.1 Å². The third kappa shape index (κ3) is 2.13. The first-order valence-corrected chi connectivity index (χ1v) is 4.69. The van der Waals surface area contributed by atoms with Crippen molar-refractivity contribution in [2.24, 2.45) is 5.84 Å². The molecular weight excluding hydrogens is 190 g/mol. The third-order valence-corrected chi connectivity index (χ3v) is 2.22. The van der Waals surface area contributed by atoms with E-state index in [1.807, 2.05) is 29.8 Å². The van der Waals surface area contributed by atoms with Crippen LogP contribution in [-0.2, 0) is 6.54 Å². The second-order valence-corrected chi connectivity index (χ2v) is 3.31. The number of anilines is 1. The molecule has 0 saturated heterocycles. The highest BCUT2D eigenvalue weighted by molar-refractivity contribution is 5.41. The summed E-state index contributed by atoms with van der Waals surface area (Å²) in [7, 11) is 0. The number of nitrogens with zero attached hydrogens (tertiary/aromatic N) is 3. The lowest BCUT2D eigenvalue weighted by Crippen LogP contribution is -2.09. The van der Waals surface area contributed by atoms with Gasteiger partial charge in [-0.25, -0.2) is 0 Å². The van der Waals surface area contributed by atoms with Crippen LogP contribution >= 0.6 is 0 Å². The molecule has 0 bridgehead atoms. The predicted octanol–water partition coefficient (Wildman–Crippen LogP) is 0.920. The number of pyridine rings is 1. The van der Waals surface area contributed by atoms with Crippen molar-refractivity contribution in [3.05, 3.63) is 42.0 Å². The summed E-state index contributed by atoms with van der Waals surface area (Å²) in [6.45, 7) is 2.67. The van der Waals surface area contributed by atoms with Gasteiger partial charge in [-0.15, -0.1) is 0 Å². The van der Waals surface area contributed by atoms with E-state index < -0.39 is 0 Å². The fourth-order valence-electron chi connectivity index (χ4n) is 1.37. The SMILES string of the molecule is Cc1ccnn1Cc1cc(NN)ccn1. The summed E-state index contributed by atoms with van der Waals surface area (Å²) in [5.74, 6) is 5.32. The number of aryl methyl sites for hydroxylation is 1. The number of nitrogen functional groups attached to an aromatic ring is 1. The summed E-state index contributed by atoms with van der Waals surface area (Å²) in [6, 6.07) is 5.69. The van der Waals surface area contributed by atoms with E-state index in [9.17, 15) is 0 Å². The lowest BCUT2D eigenvalue weighted by atomic mass is 10.3. The van der Waals surface area contributed by atoms with Gasteiger partial charge >= 0.3 is 0 Å². The van der Waals surface area contributed by atoms with E-state index in [-0.39, 0.29) is 0 Å². The maximum atomic E-state index is 5.32. The van der Waals surface area contributed by atoms with Crippen molar-refractivity contribution in [3.8, 4) is 0 Å². The van der Waals surface area contributed by atoms with Crippen LogP contribution in [0, 0.1) is 6.92 Å². The number of aromatic nitrogens is 3. The van der Waals surface area contributed by atoms with Gasteiger partial charge < -0.3 is 5.43 Å². The number of nitrogens with two attached hydrogens (primary N) is 1. The fourth-order valence-corrected chi connectivity index (χ4v) is 1.37. The molecule has 5 nitrogen and oxygen atoms in total. The van der Waals surface area contributed by atoms with Gasteiger partial charge in [0.05, 0.1) is 17.9 Å². The summed E-state index contributed by atoms with van der Waals surface area (Å²) in [6.07, 6.45) is 3.50. The minimum atomic E-state index is 0.661. The molecule has 2 aromatic heterocycles. The van der Waals surface area contributed by atoms with Gasteiger partial charge in [0.1, 0.15) is 0 Å². The first-order chi connectivity index (χ1) is 7.29. The van der Waals surface area contributed by atoms with Crippen LogP contribution in [0.1, 0.15) is 11.4 Å². The zero-order valence-electron chi connectivity index (χ0n) is 8.51. The van der Waals surface area contributed by atoms with Crippen molar-refractivity contribution in [3.63, 3.8) is 0 Å². The van der Waals surface area contributed by atoms with Crippen LogP contribution in [0.5, 0.6) is 0 Å². The van der Waals surface area contributed by atoms with Crippen LogP contribution in [0.15, 0.2) is 30.6 Å². The summed E-state index contributed by atoms with van der Waals surface area (Å²) >= 11 is 0. The van der Waals surface area contributed by atoms with Crippen molar-refractivity contribution in [2.75, 3.05) is 5.43 Å². The Labute approximate surface area is 87.9 Å². The highest BCUT2D eigenvalue weighted by Crippen LogP contribution is 2.08. The minimum absolute atomic E-state index is 0.661. The molecule has 0 unspecified atom stereocenters. The lowest BCUT2D eigenvalue weighted by Gasteiger charge is -2.05. The highest BCUT2D eigenvalue weighted by Gasteiger charge is 2.00. The number of nitrogens with one attached hydrogen (secondary N) is 1. The molecule has 3 N–H and O–H groups in total. The maximum absolute atomic E-state index is 5.32. The Morgan fingerprint density at radius 1 is 1.40 bits per heavy atom. The van der Waals surface area contributed by atoms with Crippen LogP contribution in [0.4, 0.5) is 5.69 Å². The minimum Gasteiger partial charge on any atom is -0.324 e. The Bertz CT molecular complexity index is 449. The van der Waals surface area contributed by atoms with Gasteiger partial charge in [-0.1, -0.05) is 0 Å². The molecule has 78 valence electrons. The molecule has 2 aromatic rings. The van der Waals surface area contributed by atoms with E-state index in [0.29, 0.717) is 6.54 Å². The molecular formula is C10H13N5. The molecule has 0 aliphatic carbocycles. The molecule has 15 heavy (non-hydrogen) atoms. The Balaban J connectivity index is 2.21. The van der Waals surface area contributed by atoms with Gasteiger partial charge in [-0.3, -0.25) is 15.5 Å². The van der Waals surface area contributed by atoms with E-state index in [4.69, 9.17) is 5.84 Å². The molecule has 0 saturated carbocycles. The smallest absolute Gasteiger partial charge is 0.0835 e. The summed E-state index contributed by atoms with van der Waals surface area (Å²) in [4.78, 5) is 4.25. The van der Waals surface area contributed by atoms with Crippen molar-refractivity contribution in [1.29, 1.82) is 0 Å². The number of rotatable bonds is 3. The molecule has 5 heteroatoms. The standard InChI is InChI=1S/C10H13N5/c1-8-2-5-13-15(8)7-10-6-9(14-11)3-4-12-10/h2-6H,7,11H2,1H3,(H,12,14). The Kier molecular flexibility index (Phi) is 2.64. The highest BCUT2D eigenvalue weighted by atomic mass is 15.3. The molecule has 0 atom stereocenters. The van der Waals surface area contributed by atoms with E-state index in [2.05, 4.69) is 15.5 Å². The topological polar surface area (TPSA) is 68.8 Å². The van der Waals surface area contributed by atoms with Gasteiger partial charge in [0.25, 0.3) is 0 Å². The molecule has 2 heterocycles. The molecule has 0 radical (unpaired) electrons. The van der Waals surface area contributed by atoms with E-state index >= 15 is 0 Å². The third-order valence-electron chi connectivity index (χ3n) is 2.22. The largest absolute Gasteiger partial charge is 0.324 e. The van der Waals surface area contributed by atoms with E-state index in [1.165, 1.54) is 0 Å². The molecule has 0 aromatic carbocycles. The molecule has 0 aliphatic heterocycles. The van der Waals surface area contributed by atoms with Gasteiger partial charge in [0.15, 0.2) is 0 Å². The van der Waals surface area contributed by atoms with Crippen molar-refractivity contribution in [1.82, 2.24) is 14.8 Å². The van der Waals surface area contributed by atoms with Crippen molar-refractivity contribution >= 4 is 5.69 Å². The second kappa shape index (κ2) is 4.10. The predicted molar refractivity (Wildman–Crippen MR) is 58.1 cm³/mol. The van der Waals surface area contributed by atoms with Crippen LogP contribution in [0.25, 0.3) is 0 Å². The Hall–Kier alpha value is -1.88. The van der Waals surface area contributed by atoms with Gasteiger partial charge in [-0.2, -0.15) is 5.10 Å². The molecule has 0 amide bonds. The molecule has 2 rings (SSSR count). The van der Waals surface area contributed by atoms with Crippen molar-refractivity contribution in [2.45, 2.75) is 13.5 Å². The zero-order chi connectivity index (χ0) is 10.7. The zero-order valence-corrected chi connectivity index (χ0v) is 8.51. The summed E-state index contributed by atoms with van der Waals surface area (Å²) in [5.41, 5.74) is 5.49. The first-order valence-electron chi connectivity index (χ1n) is 4.69. The van der Waals surface area contributed by atoms with Crippen LogP contribution < -0.4 is 11.3 Å². The van der Waals surface area contributed by atoms with E-state index in [1.54, 1.807) is 12.4 Å². The van der Waals surface area contributed by atoms with Gasteiger partial charge in [0, 0.05) is 18.1 Å². The monoisotopic (exact) mass is 203 g/mol. The molecule has 0 fully saturated rings. The van der Waals surface area contributed by atoms with Crippen molar-refractivity contribution < 1.29 is 0 Å². The van der Waals surface area contributed by atoms with Crippen LogP contribution in [0.3, 0.4) is 0 Å².